The van der Waals surface area contributed by atoms with Crippen LogP contribution in [0.15, 0.2) is 0 Å². The minimum Gasteiger partial charge on any atom is -0.396 e. The average Bonchev–Trinajstić information content (AvgIpc) is 1.96. The number of ether oxygens (including phenoxy) is 1. The molecule has 0 aromatic heterocycles. The molecule has 12 heavy (non-hydrogen) atoms. The van der Waals surface area contributed by atoms with Gasteiger partial charge in [-0.3, -0.25) is 0 Å². The van der Waals surface area contributed by atoms with E-state index in [1.54, 1.807) is 0 Å². The molecule has 0 aliphatic heterocycles. The van der Waals surface area contributed by atoms with Crippen LogP contribution in [0.2, 0.25) is 0 Å². The van der Waals surface area contributed by atoms with Crippen molar-refractivity contribution in [2.75, 3.05) is 20.3 Å². The number of hydrogen-bond acceptors (Lipinski definition) is 3. The lowest BCUT2D eigenvalue weighted by atomic mass is 10.2. The van der Waals surface area contributed by atoms with E-state index in [9.17, 15) is 0 Å². The third-order valence-corrected chi connectivity index (χ3v) is 1.60. The highest BCUT2D eigenvalue weighted by atomic mass is 16.5. The summed E-state index contributed by atoms with van der Waals surface area (Å²) in [5.74, 6) is 0. The fourth-order valence-corrected chi connectivity index (χ4v) is 0.817. The Bertz CT molecular complexity index is 110. The SMILES string of the molecule is CNC(CCO)COC(C)(C)C. The zero-order chi connectivity index (χ0) is 9.61. The molecule has 0 fully saturated rings. The first-order valence-electron chi connectivity index (χ1n) is 4.41. The van der Waals surface area contributed by atoms with Gasteiger partial charge < -0.3 is 15.2 Å². The van der Waals surface area contributed by atoms with E-state index in [2.05, 4.69) is 5.32 Å². The van der Waals surface area contributed by atoms with Crippen molar-refractivity contribution in [1.29, 1.82) is 0 Å². The molecule has 0 spiro atoms. The molecule has 0 heterocycles. The lowest BCUT2D eigenvalue weighted by molar-refractivity contribution is -0.0162. The van der Waals surface area contributed by atoms with Crippen LogP contribution in [0.25, 0.3) is 0 Å². The number of aliphatic hydroxyl groups excluding tert-OH is 1. The lowest BCUT2D eigenvalue weighted by Gasteiger charge is -2.23. The molecule has 0 aromatic rings. The maximum atomic E-state index is 8.70. The van der Waals surface area contributed by atoms with Gasteiger partial charge in [-0.05, 0) is 34.2 Å². The first kappa shape index (κ1) is 11.9. The number of likely N-dealkylation sites (N-methyl/N-ethyl adjacent to an activating group) is 1. The van der Waals surface area contributed by atoms with Crippen molar-refractivity contribution in [3.8, 4) is 0 Å². The molecule has 0 aromatic carbocycles. The highest BCUT2D eigenvalue weighted by Crippen LogP contribution is 2.07. The van der Waals surface area contributed by atoms with E-state index in [1.807, 2.05) is 27.8 Å². The summed E-state index contributed by atoms with van der Waals surface area (Å²) < 4.78 is 5.56. The largest absolute Gasteiger partial charge is 0.396 e. The average molecular weight is 175 g/mol. The third-order valence-electron chi connectivity index (χ3n) is 1.60. The number of hydrogen-bond donors (Lipinski definition) is 2. The smallest absolute Gasteiger partial charge is 0.0627 e. The molecule has 0 rings (SSSR count). The summed E-state index contributed by atoms with van der Waals surface area (Å²) >= 11 is 0. The second-order valence-corrected chi connectivity index (χ2v) is 3.92. The van der Waals surface area contributed by atoms with Crippen LogP contribution in [0, 0.1) is 0 Å². The van der Waals surface area contributed by atoms with Crippen molar-refractivity contribution in [3.63, 3.8) is 0 Å². The molecule has 0 amide bonds. The fraction of sp³-hybridized carbons (Fsp3) is 1.00. The second kappa shape index (κ2) is 5.51. The van der Waals surface area contributed by atoms with Gasteiger partial charge in [-0.1, -0.05) is 0 Å². The van der Waals surface area contributed by atoms with Gasteiger partial charge >= 0.3 is 0 Å². The van der Waals surface area contributed by atoms with Gasteiger partial charge in [-0.25, -0.2) is 0 Å². The highest BCUT2D eigenvalue weighted by molar-refractivity contribution is 4.66. The van der Waals surface area contributed by atoms with Crippen LogP contribution in [0.1, 0.15) is 27.2 Å². The van der Waals surface area contributed by atoms with Crippen LogP contribution in [0.5, 0.6) is 0 Å². The lowest BCUT2D eigenvalue weighted by Crippen LogP contribution is -2.35. The van der Waals surface area contributed by atoms with E-state index >= 15 is 0 Å². The molecular weight excluding hydrogens is 154 g/mol. The summed E-state index contributed by atoms with van der Waals surface area (Å²) in [5.41, 5.74) is -0.0927. The highest BCUT2D eigenvalue weighted by Gasteiger charge is 2.13. The Morgan fingerprint density at radius 1 is 1.42 bits per heavy atom. The fourth-order valence-electron chi connectivity index (χ4n) is 0.817. The Balaban J connectivity index is 3.58. The zero-order valence-electron chi connectivity index (χ0n) is 8.55. The van der Waals surface area contributed by atoms with E-state index in [-0.39, 0.29) is 18.2 Å². The van der Waals surface area contributed by atoms with Gasteiger partial charge in [-0.2, -0.15) is 0 Å². The van der Waals surface area contributed by atoms with Crippen LogP contribution in [-0.2, 0) is 4.74 Å². The van der Waals surface area contributed by atoms with Crippen molar-refractivity contribution in [3.05, 3.63) is 0 Å². The predicted octanol–water partition coefficient (Wildman–Crippen LogP) is 0.772. The Morgan fingerprint density at radius 3 is 2.33 bits per heavy atom. The molecule has 0 bridgehead atoms. The van der Waals surface area contributed by atoms with E-state index in [1.165, 1.54) is 0 Å². The van der Waals surface area contributed by atoms with Crippen molar-refractivity contribution in [2.24, 2.45) is 0 Å². The van der Waals surface area contributed by atoms with Gasteiger partial charge in [0.2, 0.25) is 0 Å². The summed E-state index contributed by atoms with van der Waals surface area (Å²) in [6, 6.07) is 0.259. The molecule has 0 radical (unpaired) electrons. The number of aliphatic hydroxyl groups is 1. The third kappa shape index (κ3) is 6.58. The molecule has 0 aliphatic rings. The Hall–Kier alpha value is -0.120. The normalized spacial score (nSPS) is 14.8. The van der Waals surface area contributed by atoms with Gasteiger partial charge in [0.25, 0.3) is 0 Å². The van der Waals surface area contributed by atoms with Crippen molar-refractivity contribution < 1.29 is 9.84 Å². The first-order valence-corrected chi connectivity index (χ1v) is 4.41. The van der Waals surface area contributed by atoms with Crippen LogP contribution >= 0.6 is 0 Å². The molecular formula is C9H21NO2. The van der Waals surface area contributed by atoms with Crippen molar-refractivity contribution >= 4 is 0 Å². The second-order valence-electron chi connectivity index (χ2n) is 3.92. The summed E-state index contributed by atoms with van der Waals surface area (Å²) in [6.45, 7) is 6.94. The Labute approximate surface area is 75.1 Å². The molecule has 74 valence electrons. The molecule has 1 unspecified atom stereocenters. The van der Waals surface area contributed by atoms with Crippen LogP contribution in [0.4, 0.5) is 0 Å². The number of rotatable bonds is 5. The van der Waals surface area contributed by atoms with Crippen molar-refractivity contribution in [2.45, 2.75) is 38.8 Å². The topological polar surface area (TPSA) is 41.5 Å². The van der Waals surface area contributed by atoms with E-state index in [0.717, 1.165) is 6.42 Å². The van der Waals surface area contributed by atoms with Gasteiger partial charge in [0.15, 0.2) is 0 Å². The summed E-state index contributed by atoms with van der Waals surface area (Å²) in [4.78, 5) is 0. The van der Waals surface area contributed by atoms with Crippen LogP contribution in [-0.4, -0.2) is 37.0 Å². The number of nitrogens with one attached hydrogen (secondary N) is 1. The van der Waals surface area contributed by atoms with E-state index in [4.69, 9.17) is 9.84 Å². The molecule has 2 N–H and O–H groups in total. The molecule has 0 saturated carbocycles. The molecule has 0 saturated heterocycles. The zero-order valence-corrected chi connectivity index (χ0v) is 8.55. The monoisotopic (exact) mass is 175 g/mol. The molecule has 3 heteroatoms. The molecule has 1 atom stereocenters. The summed E-state index contributed by atoms with van der Waals surface area (Å²) in [7, 11) is 1.88. The van der Waals surface area contributed by atoms with Gasteiger partial charge in [0, 0.05) is 12.6 Å². The predicted molar refractivity (Wildman–Crippen MR) is 50.3 cm³/mol. The minimum absolute atomic E-state index is 0.0927. The standard InChI is InChI=1S/C9H21NO2/c1-9(2,3)12-7-8(10-4)5-6-11/h8,10-11H,5-7H2,1-4H3. The van der Waals surface area contributed by atoms with Gasteiger partial charge in [0.1, 0.15) is 0 Å². The maximum absolute atomic E-state index is 8.70. The van der Waals surface area contributed by atoms with Gasteiger partial charge in [0.05, 0.1) is 12.2 Å². The molecule has 0 aliphatic carbocycles. The first-order chi connectivity index (χ1) is 5.49. The van der Waals surface area contributed by atoms with Crippen molar-refractivity contribution in [1.82, 2.24) is 5.32 Å². The van der Waals surface area contributed by atoms with Crippen LogP contribution < -0.4 is 5.32 Å². The Morgan fingerprint density at radius 2 is 2.00 bits per heavy atom. The van der Waals surface area contributed by atoms with E-state index < -0.39 is 0 Å². The summed E-state index contributed by atoms with van der Waals surface area (Å²) in [6.07, 6.45) is 0.743. The Kier molecular flexibility index (Phi) is 5.46. The molecule has 3 nitrogen and oxygen atoms in total. The quantitative estimate of drug-likeness (QED) is 0.648. The minimum atomic E-state index is -0.0927. The van der Waals surface area contributed by atoms with E-state index in [0.29, 0.717) is 6.61 Å². The van der Waals surface area contributed by atoms with Gasteiger partial charge in [-0.15, -0.1) is 0 Å². The maximum Gasteiger partial charge on any atom is 0.0627 e. The van der Waals surface area contributed by atoms with Crippen LogP contribution in [0.3, 0.4) is 0 Å². The summed E-state index contributed by atoms with van der Waals surface area (Å²) in [5, 5.41) is 11.8.